The summed E-state index contributed by atoms with van der Waals surface area (Å²) in [6, 6.07) is 10.00. The number of ether oxygens (including phenoxy) is 2. The van der Waals surface area contributed by atoms with E-state index in [1.807, 2.05) is 35.4 Å². The highest BCUT2D eigenvalue weighted by molar-refractivity contribution is 5.80. The number of carbonyl (C=O) groups excluding carboxylic acids is 2. The Morgan fingerprint density at radius 1 is 1.22 bits per heavy atom. The van der Waals surface area contributed by atoms with Crippen LogP contribution in [0.2, 0.25) is 0 Å². The van der Waals surface area contributed by atoms with Crippen molar-refractivity contribution in [3.63, 3.8) is 0 Å². The van der Waals surface area contributed by atoms with Gasteiger partial charge in [-0.15, -0.1) is 0 Å². The van der Waals surface area contributed by atoms with Crippen molar-refractivity contribution in [1.29, 1.82) is 0 Å². The third-order valence-electron chi connectivity index (χ3n) is 6.92. The van der Waals surface area contributed by atoms with Crippen LogP contribution in [0, 0.1) is 0 Å². The molecule has 0 spiro atoms. The molecule has 0 saturated carbocycles. The van der Waals surface area contributed by atoms with Crippen LogP contribution in [0.4, 0.5) is 0 Å². The van der Waals surface area contributed by atoms with Gasteiger partial charge in [-0.1, -0.05) is 12.1 Å². The summed E-state index contributed by atoms with van der Waals surface area (Å²) in [7, 11) is 0. The van der Waals surface area contributed by atoms with Crippen LogP contribution in [-0.4, -0.2) is 40.6 Å². The van der Waals surface area contributed by atoms with Gasteiger partial charge in [0, 0.05) is 37.3 Å². The summed E-state index contributed by atoms with van der Waals surface area (Å²) in [6.07, 6.45) is 9.71. The summed E-state index contributed by atoms with van der Waals surface area (Å²) in [4.78, 5) is 31.8. The molecule has 2 atom stereocenters. The molecule has 3 aliphatic heterocycles. The molecule has 1 N–H and O–H groups in total. The summed E-state index contributed by atoms with van der Waals surface area (Å²) >= 11 is 0. The van der Waals surface area contributed by atoms with Crippen LogP contribution >= 0.6 is 0 Å². The number of hydrogen-bond acceptors (Lipinski definition) is 5. The van der Waals surface area contributed by atoms with Crippen LogP contribution in [0.3, 0.4) is 0 Å². The zero-order valence-corrected chi connectivity index (χ0v) is 18.2. The number of pyridine rings is 1. The number of likely N-dealkylation sites (tertiary alicyclic amines) is 1. The molecule has 2 aromatic rings. The summed E-state index contributed by atoms with van der Waals surface area (Å²) in [5, 5.41) is 3.19. The van der Waals surface area contributed by atoms with Gasteiger partial charge in [-0.05, 0) is 67.9 Å². The second-order valence-corrected chi connectivity index (χ2v) is 9.08. The molecule has 2 saturated heterocycles. The Morgan fingerprint density at radius 2 is 2.12 bits per heavy atom. The average Bonchev–Trinajstić information content (AvgIpc) is 3.44. The van der Waals surface area contributed by atoms with Crippen molar-refractivity contribution < 1.29 is 19.1 Å². The smallest absolute Gasteiger partial charge is 0.231 e. The largest absolute Gasteiger partial charge is 0.454 e. The molecule has 2 amide bonds. The number of amides is 2. The number of piperidine rings is 1. The molecule has 2 fully saturated rings. The number of carbonyl (C=O) groups is 2. The fourth-order valence-electron chi connectivity index (χ4n) is 5.26. The molecular formula is C25H29N3O4. The van der Waals surface area contributed by atoms with Crippen molar-refractivity contribution in [3.05, 3.63) is 53.9 Å². The Kier molecular flexibility index (Phi) is 5.72. The van der Waals surface area contributed by atoms with E-state index >= 15 is 0 Å². The number of benzene rings is 1. The quantitative estimate of drug-likeness (QED) is 0.751. The summed E-state index contributed by atoms with van der Waals surface area (Å²) in [5.74, 6) is 1.71. The highest BCUT2D eigenvalue weighted by Gasteiger charge is 2.39. The van der Waals surface area contributed by atoms with E-state index in [2.05, 4.69) is 16.4 Å². The van der Waals surface area contributed by atoms with Gasteiger partial charge in [0.25, 0.3) is 0 Å². The van der Waals surface area contributed by atoms with Gasteiger partial charge >= 0.3 is 0 Å². The molecule has 0 bridgehead atoms. The van der Waals surface area contributed by atoms with Crippen molar-refractivity contribution in [2.75, 3.05) is 13.3 Å². The lowest BCUT2D eigenvalue weighted by molar-refractivity contribution is -0.135. The molecule has 5 rings (SSSR count). The number of nitrogens with one attached hydrogen (secondary N) is 1. The molecule has 7 nitrogen and oxygen atoms in total. The molecule has 7 heteroatoms. The Bertz CT molecular complexity index is 996. The number of fused-ring (bicyclic) bond motifs is 1. The van der Waals surface area contributed by atoms with Crippen LogP contribution in [0.15, 0.2) is 42.7 Å². The first-order chi connectivity index (χ1) is 15.6. The predicted octanol–water partition coefficient (Wildman–Crippen LogP) is 3.54. The van der Waals surface area contributed by atoms with E-state index in [4.69, 9.17) is 9.47 Å². The third kappa shape index (κ3) is 4.29. The van der Waals surface area contributed by atoms with Gasteiger partial charge in [0.05, 0.1) is 6.04 Å². The fraction of sp³-hybridized carbons (Fsp3) is 0.480. The molecule has 0 aliphatic carbocycles. The Labute approximate surface area is 188 Å². The van der Waals surface area contributed by atoms with Crippen LogP contribution in [-0.2, 0) is 16.0 Å². The van der Waals surface area contributed by atoms with E-state index in [1.54, 1.807) is 6.20 Å². The SMILES string of the molecule is O=C1CCC(CCC(=O)N2CCCCC2c2cccnc2)(Cc2ccc3c(c2)OCO3)N1. The van der Waals surface area contributed by atoms with E-state index in [0.29, 0.717) is 25.7 Å². The summed E-state index contributed by atoms with van der Waals surface area (Å²) in [5.41, 5.74) is 1.78. The molecule has 0 radical (unpaired) electrons. The summed E-state index contributed by atoms with van der Waals surface area (Å²) < 4.78 is 10.9. The Hall–Kier alpha value is -3.09. The number of aromatic nitrogens is 1. The first-order valence-electron chi connectivity index (χ1n) is 11.5. The number of nitrogens with zero attached hydrogens (tertiary/aromatic N) is 2. The maximum Gasteiger partial charge on any atom is 0.231 e. The minimum absolute atomic E-state index is 0.0596. The monoisotopic (exact) mass is 435 g/mol. The second-order valence-electron chi connectivity index (χ2n) is 9.08. The zero-order valence-electron chi connectivity index (χ0n) is 18.2. The van der Waals surface area contributed by atoms with Crippen molar-refractivity contribution in [2.45, 2.75) is 62.9 Å². The van der Waals surface area contributed by atoms with Crippen molar-refractivity contribution in [3.8, 4) is 11.5 Å². The van der Waals surface area contributed by atoms with Crippen LogP contribution in [0.1, 0.15) is 62.1 Å². The maximum atomic E-state index is 13.3. The van der Waals surface area contributed by atoms with Gasteiger partial charge < -0.3 is 19.7 Å². The first-order valence-corrected chi connectivity index (χ1v) is 11.5. The van der Waals surface area contributed by atoms with Gasteiger partial charge in [-0.25, -0.2) is 0 Å². The van der Waals surface area contributed by atoms with Crippen LogP contribution in [0.25, 0.3) is 0 Å². The lowest BCUT2D eigenvalue weighted by atomic mass is 9.84. The highest BCUT2D eigenvalue weighted by Crippen LogP contribution is 2.37. The average molecular weight is 436 g/mol. The molecule has 1 aromatic carbocycles. The van der Waals surface area contributed by atoms with Crippen molar-refractivity contribution in [2.24, 2.45) is 0 Å². The molecule has 168 valence electrons. The molecule has 1 aromatic heterocycles. The minimum Gasteiger partial charge on any atom is -0.454 e. The molecule has 32 heavy (non-hydrogen) atoms. The Balaban J connectivity index is 1.29. The van der Waals surface area contributed by atoms with Gasteiger partial charge in [0.15, 0.2) is 11.5 Å². The Morgan fingerprint density at radius 3 is 2.94 bits per heavy atom. The van der Waals surface area contributed by atoms with Crippen LogP contribution < -0.4 is 14.8 Å². The lowest BCUT2D eigenvalue weighted by Gasteiger charge is -2.37. The molecule has 2 unspecified atom stereocenters. The molecule has 3 aliphatic rings. The first kappa shape index (κ1) is 20.8. The highest BCUT2D eigenvalue weighted by atomic mass is 16.7. The predicted molar refractivity (Wildman–Crippen MR) is 118 cm³/mol. The van der Waals surface area contributed by atoms with Gasteiger partial charge in [0.1, 0.15) is 0 Å². The lowest BCUT2D eigenvalue weighted by Crippen LogP contribution is -2.45. The van der Waals surface area contributed by atoms with Crippen molar-refractivity contribution in [1.82, 2.24) is 15.2 Å². The van der Waals surface area contributed by atoms with E-state index < -0.39 is 5.54 Å². The minimum atomic E-state index is -0.403. The van der Waals surface area contributed by atoms with E-state index in [0.717, 1.165) is 54.9 Å². The molecular weight excluding hydrogens is 406 g/mol. The topological polar surface area (TPSA) is 80.8 Å². The van der Waals surface area contributed by atoms with Gasteiger partial charge in [-0.3, -0.25) is 14.6 Å². The fourth-order valence-corrected chi connectivity index (χ4v) is 5.26. The van der Waals surface area contributed by atoms with E-state index in [9.17, 15) is 9.59 Å². The second kappa shape index (κ2) is 8.81. The normalized spacial score (nSPS) is 24.4. The van der Waals surface area contributed by atoms with Gasteiger partial charge in [-0.2, -0.15) is 0 Å². The number of rotatable bonds is 6. The van der Waals surface area contributed by atoms with Crippen molar-refractivity contribution >= 4 is 11.8 Å². The third-order valence-corrected chi connectivity index (χ3v) is 6.92. The van der Waals surface area contributed by atoms with E-state index in [1.165, 1.54) is 0 Å². The van der Waals surface area contributed by atoms with Crippen LogP contribution in [0.5, 0.6) is 11.5 Å². The zero-order chi connectivity index (χ0) is 22.0. The standard InChI is InChI=1S/C25H29N3O4/c29-23-8-10-25(27-23,15-18-6-7-21-22(14-18)32-17-31-21)11-9-24(30)28-13-2-1-5-20(28)19-4-3-12-26-16-19/h3-4,6-7,12,14,16,20H,1-2,5,8-11,13,15,17H2,(H,27,29). The maximum absolute atomic E-state index is 13.3. The van der Waals surface area contributed by atoms with Gasteiger partial charge in [0.2, 0.25) is 18.6 Å². The summed E-state index contributed by atoms with van der Waals surface area (Å²) in [6.45, 7) is 1.02. The number of hydrogen-bond donors (Lipinski definition) is 1. The van der Waals surface area contributed by atoms with E-state index in [-0.39, 0.29) is 24.6 Å². The molecule has 4 heterocycles.